The summed E-state index contributed by atoms with van der Waals surface area (Å²) < 4.78 is 11.9. The molecule has 1 saturated carbocycles. The highest BCUT2D eigenvalue weighted by atomic mass is 35.5. The third kappa shape index (κ3) is 2.91. The Morgan fingerprint density at radius 3 is 2.75 bits per heavy atom. The zero-order chi connectivity index (χ0) is 8.81. The van der Waals surface area contributed by atoms with E-state index in [2.05, 4.69) is 5.32 Å². The quantitative estimate of drug-likeness (QED) is 0.676. The summed E-state index contributed by atoms with van der Waals surface area (Å²) in [4.78, 5) is 0. The predicted molar refractivity (Wildman–Crippen MR) is 50.4 cm³/mol. The number of nitrogens with one attached hydrogen (secondary N) is 1. The zero-order valence-corrected chi connectivity index (χ0v) is 8.12. The van der Waals surface area contributed by atoms with Crippen LogP contribution in [0.5, 0.6) is 0 Å². The molecule has 0 aromatic carbocycles. The Hall–Kier alpha value is 0.180. The van der Waals surface area contributed by atoms with Crippen molar-refractivity contribution < 1.29 is 4.39 Å². The summed E-state index contributed by atoms with van der Waals surface area (Å²) in [6.07, 6.45) is 4.91. The van der Waals surface area contributed by atoms with Crippen LogP contribution in [-0.4, -0.2) is 25.1 Å². The van der Waals surface area contributed by atoms with Crippen LogP contribution in [0.3, 0.4) is 0 Å². The van der Waals surface area contributed by atoms with Gasteiger partial charge in [0.25, 0.3) is 0 Å². The van der Waals surface area contributed by atoms with Gasteiger partial charge in [-0.1, -0.05) is 12.8 Å². The van der Waals surface area contributed by atoms with Crippen molar-refractivity contribution in [3.63, 3.8) is 0 Å². The number of halogens is 2. The molecule has 2 atom stereocenters. The Balaban J connectivity index is 2.26. The maximum Gasteiger partial charge on any atom is 0.102 e. The van der Waals surface area contributed by atoms with E-state index in [-0.39, 0.29) is 6.67 Å². The van der Waals surface area contributed by atoms with E-state index in [1.165, 1.54) is 19.3 Å². The molecule has 1 fully saturated rings. The Labute approximate surface area is 78.7 Å². The van der Waals surface area contributed by atoms with Crippen LogP contribution in [0, 0.1) is 5.92 Å². The Morgan fingerprint density at radius 2 is 2.08 bits per heavy atom. The number of hydrogen-bond acceptors (Lipinski definition) is 1. The first-order valence-corrected chi connectivity index (χ1v) is 5.27. The van der Waals surface area contributed by atoms with E-state index in [4.69, 9.17) is 11.6 Å². The molecule has 0 saturated heterocycles. The first-order valence-electron chi connectivity index (χ1n) is 4.73. The molecule has 0 heterocycles. The summed E-state index contributed by atoms with van der Waals surface area (Å²) in [5, 5.41) is 3.21. The standard InChI is InChI=1S/C9H17ClFN/c10-7-8-3-1-2-4-9(8)12-6-5-11/h8-9,12H,1-7H2. The summed E-state index contributed by atoms with van der Waals surface area (Å²) in [5.41, 5.74) is 0. The minimum absolute atomic E-state index is 0.272. The SMILES string of the molecule is FCCNC1CCCCC1CCl. The molecule has 1 rings (SSSR count). The first kappa shape index (κ1) is 10.3. The second-order valence-electron chi connectivity index (χ2n) is 3.45. The molecular weight excluding hydrogens is 177 g/mol. The summed E-state index contributed by atoms with van der Waals surface area (Å²) in [5.74, 6) is 1.27. The van der Waals surface area contributed by atoms with Crippen LogP contribution in [-0.2, 0) is 0 Å². The molecule has 3 heteroatoms. The van der Waals surface area contributed by atoms with E-state index in [1.54, 1.807) is 0 Å². The molecule has 72 valence electrons. The van der Waals surface area contributed by atoms with Gasteiger partial charge in [0.05, 0.1) is 0 Å². The highest BCUT2D eigenvalue weighted by Gasteiger charge is 2.23. The van der Waals surface area contributed by atoms with Gasteiger partial charge in [-0.05, 0) is 18.8 Å². The summed E-state index contributed by atoms with van der Waals surface area (Å²) in [6, 6.07) is 0.465. The minimum atomic E-state index is -0.272. The van der Waals surface area contributed by atoms with E-state index < -0.39 is 0 Å². The van der Waals surface area contributed by atoms with Gasteiger partial charge in [0.2, 0.25) is 0 Å². The number of rotatable bonds is 4. The van der Waals surface area contributed by atoms with Crippen molar-refractivity contribution in [2.45, 2.75) is 31.7 Å². The van der Waals surface area contributed by atoms with Gasteiger partial charge in [0.15, 0.2) is 0 Å². The average molecular weight is 194 g/mol. The van der Waals surface area contributed by atoms with Crippen molar-refractivity contribution in [2.24, 2.45) is 5.92 Å². The molecule has 0 aromatic heterocycles. The molecule has 2 unspecified atom stereocenters. The highest BCUT2D eigenvalue weighted by molar-refractivity contribution is 6.18. The molecule has 1 N–H and O–H groups in total. The normalized spacial score (nSPS) is 30.5. The average Bonchev–Trinajstić information content (AvgIpc) is 2.15. The van der Waals surface area contributed by atoms with Crippen molar-refractivity contribution in [2.75, 3.05) is 19.1 Å². The van der Waals surface area contributed by atoms with E-state index in [1.807, 2.05) is 0 Å². The van der Waals surface area contributed by atoms with Crippen LogP contribution in [0.1, 0.15) is 25.7 Å². The monoisotopic (exact) mass is 193 g/mol. The van der Waals surface area contributed by atoms with Gasteiger partial charge < -0.3 is 5.32 Å². The number of hydrogen-bond donors (Lipinski definition) is 1. The van der Waals surface area contributed by atoms with Crippen molar-refractivity contribution in [3.05, 3.63) is 0 Å². The lowest BCUT2D eigenvalue weighted by molar-refractivity contribution is 0.276. The largest absolute Gasteiger partial charge is 0.311 e. The Bertz CT molecular complexity index is 121. The van der Waals surface area contributed by atoms with Crippen LogP contribution in [0.25, 0.3) is 0 Å². The van der Waals surface area contributed by atoms with Gasteiger partial charge >= 0.3 is 0 Å². The second kappa shape index (κ2) is 5.76. The van der Waals surface area contributed by atoms with Crippen LogP contribution >= 0.6 is 11.6 Å². The lowest BCUT2D eigenvalue weighted by atomic mass is 9.86. The van der Waals surface area contributed by atoms with E-state index in [9.17, 15) is 4.39 Å². The fourth-order valence-corrected chi connectivity index (χ4v) is 2.27. The molecule has 1 aliphatic rings. The van der Waals surface area contributed by atoms with Gasteiger partial charge in [0.1, 0.15) is 6.67 Å². The molecule has 0 amide bonds. The van der Waals surface area contributed by atoms with E-state index in [0.717, 1.165) is 6.42 Å². The minimum Gasteiger partial charge on any atom is -0.311 e. The summed E-state index contributed by atoms with van der Waals surface area (Å²) >= 11 is 5.82. The van der Waals surface area contributed by atoms with Crippen molar-refractivity contribution >= 4 is 11.6 Å². The van der Waals surface area contributed by atoms with Crippen molar-refractivity contribution in [1.82, 2.24) is 5.32 Å². The van der Waals surface area contributed by atoms with Crippen molar-refractivity contribution in [3.8, 4) is 0 Å². The predicted octanol–water partition coefficient (Wildman–Crippen LogP) is 2.34. The molecule has 0 radical (unpaired) electrons. The zero-order valence-electron chi connectivity index (χ0n) is 7.36. The first-order chi connectivity index (χ1) is 5.88. The van der Waals surface area contributed by atoms with Gasteiger partial charge in [-0.15, -0.1) is 11.6 Å². The van der Waals surface area contributed by atoms with E-state index in [0.29, 0.717) is 24.4 Å². The molecule has 0 bridgehead atoms. The molecule has 1 nitrogen and oxygen atoms in total. The molecule has 0 aliphatic heterocycles. The summed E-state index contributed by atoms with van der Waals surface area (Å²) in [7, 11) is 0. The van der Waals surface area contributed by atoms with Crippen LogP contribution in [0.4, 0.5) is 4.39 Å². The van der Waals surface area contributed by atoms with Crippen molar-refractivity contribution in [1.29, 1.82) is 0 Å². The fraction of sp³-hybridized carbons (Fsp3) is 1.00. The third-order valence-electron chi connectivity index (χ3n) is 2.61. The van der Waals surface area contributed by atoms with Crippen LogP contribution in [0.15, 0.2) is 0 Å². The molecule has 1 aliphatic carbocycles. The highest BCUT2D eigenvalue weighted by Crippen LogP contribution is 2.25. The maximum atomic E-state index is 11.9. The summed E-state index contributed by atoms with van der Waals surface area (Å²) in [6.45, 7) is 0.212. The topological polar surface area (TPSA) is 12.0 Å². The molecule has 0 aromatic rings. The van der Waals surface area contributed by atoms with Gasteiger partial charge in [-0.3, -0.25) is 0 Å². The Morgan fingerprint density at radius 1 is 1.33 bits per heavy atom. The second-order valence-corrected chi connectivity index (χ2v) is 3.76. The van der Waals surface area contributed by atoms with Gasteiger partial charge in [0, 0.05) is 18.5 Å². The van der Waals surface area contributed by atoms with Gasteiger partial charge in [-0.25, -0.2) is 4.39 Å². The molecule has 12 heavy (non-hydrogen) atoms. The molecule has 0 spiro atoms. The molecular formula is C9H17ClFN. The number of alkyl halides is 2. The third-order valence-corrected chi connectivity index (χ3v) is 3.00. The lowest BCUT2D eigenvalue weighted by Gasteiger charge is -2.30. The van der Waals surface area contributed by atoms with Gasteiger partial charge in [-0.2, -0.15) is 0 Å². The maximum absolute atomic E-state index is 11.9. The fourth-order valence-electron chi connectivity index (χ4n) is 1.90. The lowest BCUT2D eigenvalue weighted by Crippen LogP contribution is -2.40. The smallest absolute Gasteiger partial charge is 0.102 e. The van der Waals surface area contributed by atoms with Crippen LogP contribution < -0.4 is 5.32 Å². The van der Waals surface area contributed by atoms with E-state index >= 15 is 0 Å². The Kier molecular flexibility index (Phi) is 4.93. The van der Waals surface area contributed by atoms with Crippen LogP contribution in [0.2, 0.25) is 0 Å².